The number of rotatable bonds is 7. The molecule has 0 saturated carbocycles. The predicted molar refractivity (Wildman–Crippen MR) is 125 cm³/mol. The van der Waals surface area contributed by atoms with E-state index in [1.807, 2.05) is 35.5 Å². The SMILES string of the molecule is CN1CCN(c2ccc(C(=O)NCc3csc(Cc4ccccc4)n3)cc2[N+](=O)[O-])CC1. The molecule has 0 atom stereocenters. The van der Waals surface area contributed by atoms with Gasteiger partial charge >= 0.3 is 0 Å². The summed E-state index contributed by atoms with van der Waals surface area (Å²) < 4.78 is 0. The molecule has 0 unspecified atom stereocenters. The van der Waals surface area contributed by atoms with Gasteiger partial charge in [0.1, 0.15) is 5.69 Å². The first-order valence-corrected chi connectivity index (χ1v) is 11.3. The minimum absolute atomic E-state index is 0.0407. The number of likely N-dealkylation sites (N-methyl/N-ethyl adjacent to an activating group) is 1. The summed E-state index contributed by atoms with van der Waals surface area (Å²) >= 11 is 1.56. The van der Waals surface area contributed by atoms with Crippen LogP contribution >= 0.6 is 11.3 Å². The first-order valence-electron chi connectivity index (χ1n) is 10.5. The molecule has 1 amide bonds. The van der Waals surface area contributed by atoms with Crippen LogP contribution in [0.3, 0.4) is 0 Å². The van der Waals surface area contributed by atoms with Crippen molar-refractivity contribution in [2.45, 2.75) is 13.0 Å². The zero-order valence-electron chi connectivity index (χ0n) is 17.9. The quantitative estimate of drug-likeness (QED) is 0.438. The third-order valence-electron chi connectivity index (χ3n) is 5.51. The number of carbonyl (C=O) groups excluding carboxylic acids is 1. The molecule has 1 fully saturated rings. The van der Waals surface area contributed by atoms with Gasteiger partial charge in [0.2, 0.25) is 0 Å². The molecule has 4 rings (SSSR count). The summed E-state index contributed by atoms with van der Waals surface area (Å²) in [6, 6.07) is 14.8. The largest absolute Gasteiger partial charge is 0.363 e. The van der Waals surface area contributed by atoms with Gasteiger partial charge in [-0.05, 0) is 24.7 Å². The summed E-state index contributed by atoms with van der Waals surface area (Å²) in [4.78, 5) is 32.7. The van der Waals surface area contributed by atoms with E-state index in [0.717, 1.165) is 43.3 Å². The van der Waals surface area contributed by atoms with Crippen LogP contribution in [0, 0.1) is 10.1 Å². The molecular formula is C23H25N5O3S. The van der Waals surface area contributed by atoms with Crippen molar-refractivity contribution in [3.8, 4) is 0 Å². The second-order valence-electron chi connectivity index (χ2n) is 7.83. The van der Waals surface area contributed by atoms with Crippen molar-refractivity contribution in [3.05, 3.63) is 85.9 Å². The lowest BCUT2D eigenvalue weighted by Gasteiger charge is -2.33. The molecule has 1 aliphatic rings. The Kier molecular flexibility index (Phi) is 6.77. The highest BCUT2D eigenvalue weighted by Gasteiger charge is 2.24. The van der Waals surface area contributed by atoms with Crippen molar-refractivity contribution in [1.29, 1.82) is 0 Å². The molecule has 0 radical (unpaired) electrons. The lowest BCUT2D eigenvalue weighted by Crippen LogP contribution is -2.44. The van der Waals surface area contributed by atoms with E-state index in [2.05, 4.69) is 27.3 Å². The first kappa shape index (κ1) is 21.9. The molecule has 1 N–H and O–H groups in total. The van der Waals surface area contributed by atoms with Gasteiger partial charge in [-0.1, -0.05) is 30.3 Å². The van der Waals surface area contributed by atoms with Gasteiger partial charge < -0.3 is 15.1 Å². The number of nitrogens with zero attached hydrogens (tertiary/aromatic N) is 4. The van der Waals surface area contributed by atoms with Crippen molar-refractivity contribution in [3.63, 3.8) is 0 Å². The Hall–Kier alpha value is -3.30. The van der Waals surface area contributed by atoms with E-state index in [1.54, 1.807) is 23.5 Å². The zero-order chi connectivity index (χ0) is 22.5. The number of nitrogens with one attached hydrogen (secondary N) is 1. The van der Waals surface area contributed by atoms with E-state index in [-0.39, 0.29) is 23.7 Å². The molecule has 166 valence electrons. The van der Waals surface area contributed by atoms with Crippen molar-refractivity contribution in [1.82, 2.24) is 15.2 Å². The van der Waals surface area contributed by atoms with Crippen LogP contribution in [0.5, 0.6) is 0 Å². The standard InChI is InChI=1S/C23H25N5O3S/c1-26-9-11-27(12-10-26)20-8-7-18(14-21(20)28(30)31)23(29)24-15-19-16-32-22(25-19)13-17-5-3-2-4-6-17/h2-8,14,16H,9-13,15H2,1H3,(H,24,29). The van der Waals surface area contributed by atoms with Crippen LogP contribution in [0.2, 0.25) is 0 Å². The lowest BCUT2D eigenvalue weighted by molar-refractivity contribution is -0.384. The predicted octanol–water partition coefficient (Wildman–Crippen LogP) is 3.32. The molecule has 2 aromatic carbocycles. The van der Waals surface area contributed by atoms with Gasteiger partial charge in [-0.25, -0.2) is 4.98 Å². The number of hydrogen-bond acceptors (Lipinski definition) is 7. The van der Waals surface area contributed by atoms with Gasteiger partial charge in [0, 0.05) is 49.6 Å². The maximum atomic E-state index is 12.6. The number of benzene rings is 2. The van der Waals surface area contributed by atoms with E-state index >= 15 is 0 Å². The molecule has 0 spiro atoms. The summed E-state index contributed by atoms with van der Waals surface area (Å²) in [7, 11) is 2.03. The molecule has 1 aromatic heterocycles. The first-order chi connectivity index (χ1) is 15.5. The maximum absolute atomic E-state index is 12.6. The summed E-state index contributed by atoms with van der Waals surface area (Å²) in [6.07, 6.45) is 0.749. The molecule has 1 aliphatic heterocycles. The Bertz CT molecular complexity index is 1090. The molecule has 9 heteroatoms. The highest BCUT2D eigenvalue weighted by atomic mass is 32.1. The number of hydrogen-bond donors (Lipinski definition) is 1. The fraction of sp³-hybridized carbons (Fsp3) is 0.304. The minimum atomic E-state index is -0.416. The van der Waals surface area contributed by atoms with E-state index in [4.69, 9.17) is 0 Å². The zero-order valence-corrected chi connectivity index (χ0v) is 18.7. The third kappa shape index (κ3) is 5.30. The van der Waals surface area contributed by atoms with Crippen LogP contribution in [0.1, 0.15) is 26.6 Å². The van der Waals surface area contributed by atoms with Crippen LogP contribution in [-0.2, 0) is 13.0 Å². The number of amides is 1. The normalized spacial score (nSPS) is 14.3. The summed E-state index contributed by atoms with van der Waals surface area (Å²) in [5.41, 5.74) is 2.75. The molecular weight excluding hydrogens is 426 g/mol. The molecule has 3 aromatic rings. The van der Waals surface area contributed by atoms with E-state index < -0.39 is 4.92 Å². The van der Waals surface area contributed by atoms with Crippen LogP contribution < -0.4 is 10.2 Å². The van der Waals surface area contributed by atoms with Gasteiger partial charge in [0.05, 0.1) is 22.2 Å². The second-order valence-corrected chi connectivity index (χ2v) is 8.77. The van der Waals surface area contributed by atoms with E-state index in [9.17, 15) is 14.9 Å². The molecule has 2 heterocycles. The molecule has 0 bridgehead atoms. The van der Waals surface area contributed by atoms with Crippen molar-refractivity contribution in [2.24, 2.45) is 0 Å². The molecule has 8 nitrogen and oxygen atoms in total. The fourth-order valence-electron chi connectivity index (χ4n) is 3.68. The van der Waals surface area contributed by atoms with Gasteiger partial charge in [-0.3, -0.25) is 14.9 Å². The van der Waals surface area contributed by atoms with Crippen LogP contribution in [-0.4, -0.2) is 53.9 Å². The smallest absolute Gasteiger partial charge is 0.293 e. The fourth-order valence-corrected chi connectivity index (χ4v) is 4.51. The van der Waals surface area contributed by atoms with E-state index in [0.29, 0.717) is 5.69 Å². The Balaban J connectivity index is 1.40. The third-order valence-corrected chi connectivity index (χ3v) is 6.40. The van der Waals surface area contributed by atoms with Gasteiger partial charge in [0.25, 0.3) is 11.6 Å². The van der Waals surface area contributed by atoms with Crippen LogP contribution in [0.15, 0.2) is 53.9 Å². The van der Waals surface area contributed by atoms with Crippen molar-refractivity contribution < 1.29 is 9.72 Å². The van der Waals surface area contributed by atoms with Crippen molar-refractivity contribution >= 4 is 28.6 Å². The van der Waals surface area contributed by atoms with E-state index in [1.165, 1.54) is 11.6 Å². The van der Waals surface area contributed by atoms with Gasteiger partial charge in [-0.15, -0.1) is 11.3 Å². The topological polar surface area (TPSA) is 91.6 Å². The Morgan fingerprint density at radius 1 is 1.16 bits per heavy atom. The number of anilines is 1. The van der Waals surface area contributed by atoms with Gasteiger partial charge in [0.15, 0.2) is 0 Å². The maximum Gasteiger partial charge on any atom is 0.293 e. The number of piperazine rings is 1. The summed E-state index contributed by atoms with van der Waals surface area (Å²) in [6.45, 7) is 3.41. The Morgan fingerprint density at radius 3 is 2.62 bits per heavy atom. The van der Waals surface area contributed by atoms with Gasteiger partial charge in [-0.2, -0.15) is 0 Å². The molecule has 1 saturated heterocycles. The highest BCUT2D eigenvalue weighted by Crippen LogP contribution is 2.30. The number of nitro benzene ring substituents is 1. The Labute approximate surface area is 190 Å². The number of aromatic nitrogens is 1. The van der Waals surface area contributed by atoms with Crippen molar-refractivity contribution in [2.75, 3.05) is 38.1 Å². The monoisotopic (exact) mass is 451 g/mol. The average molecular weight is 452 g/mol. The number of carbonyl (C=O) groups is 1. The summed E-state index contributed by atoms with van der Waals surface area (Å²) in [5.74, 6) is -0.351. The number of nitro groups is 1. The minimum Gasteiger partial charge on any atom is -0.363 e. The van der Waals surface area contributed by atoms with Crippen LogP contribution in [0.25, 0.3) is 0 Å². The second kappa shape index (κ2) is 9.88. The molecule has 0 aliphatic carbocycles. The average Bonchev–Trinajstić information content (AvgIpc) is 3.25. The Morgan fingerprint density at radius 2 is 1.91 bits per heavy atom. The molecule has 32 heavy (non-hydrogen) atoms. The highest BCUT2D eigenvalue weighted by molar-refractivity contribution is 7.09. The number of thiazole rings is 1. The van der Waals surface area contributed by atoms with Crippen LogP contribution in [0.4, 0.5) is 11.4 Å². The lowest BCUT2D eigenvalue weighted by atomic mass is 10.1. The summed E-state index contributed by atoms with van der Waals surface area (Å²) in [5, 5.41) is 17.4.